The summed E-state index contributed by atoms with van der Waals surface area (Å²) in [7, 11) is 5.71. The maximum Gasteiger partial charge on any atom is 0.229 e. The number of rotatable bonds is 7. The Morgan fingerprint density at radius 2 is 1.77 bits per heavy atom. The smallest absolute Gasteiger partial charge is 0.229 e. The Bertz CT molecular complexity index is 849. The number of anilines is 4. The molecule has 2 aromatic carbocycles. The van der Waals surface area contributed by atoms with Crippen molar-refractivity contribution in [3.8, 4) is 5.75 Å². The Balaban J connectivity index is 1.66. The molecule has 134 valence electrons. The molecule has 3 aromatic rings. The van der Waals surface area contributed by atoms with Gasteiger partial charge in [-0.1, -0.05) is 18.2 Å². The van der Waals surface area contributed by atoms with Gasteiger partial charge in [0, 0.05) is 43.8 Å². The van der Waals surface area contributed by atoms with E-state index in [2.05, 4.69) is 25.5 Å². The fourth-order valence-corrected chi connectivity index (χ4v) is 2.52. The van der Waals surface area contributed by atoms with E-state index in [4.69, 9.17) is 4.74 Å². The predicted molar refractivity (Wildman–Crippen MR) is 106 cm³/mol. The average molecular weight is 349 g/mol. The third kappa shape index (κ3) is 4.42. The van der Waals surface area contributed by atoms with Crippen molar-refractivity contribution in [2.24, 2.45) is 0 Å². The third-order valence-electron chi connectivity index (χ3n) is 3.95. The summed E-state index contributed by atoms with van der Waals surface area (Å²) in [5, 5.41) is 6.53. The number of para-hydroxylation sites is 1. The Kier molecular flexibility index (Phi) is 5.53. The van der Waals surface area contributed by atoms with Crippen molar-refractivity contribution in [3.05, 3.63) is 66.4 Å². The van der Waals surface area contributed by atoms with Gasteiger partial charge in [0.15, 0.2) is 0 Å². The lowest BCUT2D eigenvalue weighted by Crippen LogP contribution is -2.08. The minimum Gasteiger partial charge on any atom is -0.496 e. The lowest BCUT2D eigenvalue weighted by atomic mass is 10.2. The van der Waals surface area contributed by atoms with E-state index in [-0.39, 0.29) is 0 Å². The second kappa shape index (κ2) is 8.20. The number of hydrogen-bond acceptors (Lipinski definition) is 6. The minimum atomic E-state index is 0.549. The molecule has 0 amide bonds. The highest BCUT2D eigenvalue weighted by Gasteiger charge is 2.04. The summed E-state index contributed by atoms with van der Waals surface area (Å²) in [4.78, 5) is 10.9. The molecule has 1 aromatic heterocycles. The van der Waals surface area contributed by atoms with E-state index in [0.717, 1.165) is 28.5 Å². The van der Waals surface area contributed by atoms with Gasteiger partial charge in [-0.3, -0.25) is 0 Å². The van der Waals surface area contributed by atoms with Crippen LogP contribution in [0.3, 0.4) is 0 Å². The predicted octanol–water partition coefficient (Wildman–Crippen LogP) is 3.91. The highest BCUT2D eigenvalue weighted by molar-refractivity contribution is 5.59. The number of hydrogen-bond donors (Lipinski definition) is 2. The molecule has 0 spiro atoms. The molecule has 0 aliphatic heterocycles. The van der Waals surface area contributed by atoms with Crippen LogP contribution in [0.2, 0.25) is 0 Å². The highest BCUT2D eigenvalue weighted by Crippen LogP contribution is 2.20. The van der Waals surface area contributed by atoms with E-state index in [9.17, 15) is 0 Å². The molecule has 26 heavy (non-hydrogen) atoms. The number of nitrogens with zero attached hydrogens (tertiary/aromatic N) is 3. The maximum atomic E-state index is 5.37. The molecule has 1 heterocycles. The Morgan fingerprint density at radius 1 is 1.00 bits per heavy atom. The molecule has 2 N–H and O–H groups in total. The van der Waals surface area contributed by atoms with Crippen LogP contribution < -0.4 is 20.3 Å². The first-order valence-electron chi connectivity index (χ1n) is 8.39. The number of methoxy groups -OCH3 is 1. The van der Waals surface area contributed by atoms with E-state index in [1.807, 2.05) is 68.7 Å². The van der Waals surface area contributed by atoms with Crippen LogP contribution in [0.1, 0.15) is 5.56 Å². The molecule has 0 unspecified atom stereocenters. The Morgan fingerprint density at radius 3 is 2.50 bits per heavy atom. The van der Waals surface area contributed by atoms with Crippen LogP contribution in [0.25, 0.3) is 0 Å². The van der Waals surface area contributed by atoms with Crippen molar-refractivity contribution in [1.82, 2.24) is 9.97 Å². The van der Waals surface area contributed by atoms with Crippen LogP contribution in [-0.2, 0) is 6.54 Å². The lowest BCUT2D eigenvalue weighted by Gasteiger charge is -2.13. The number of nitrogens with one attached hydrogen (secondary N) is 2. The summed E-state index contributed by atoms with van der Waals surface area (Å²) >= 11 is 0. The fraction of sp³-hybridized carbons (Fsp3) is 0.200. The van der Waals surface area contributed by atoms with Gasteiger partial charge in [0.25, 0.3) is 0 Å². The molecule has 0 atom stereocenters. The molecular formula is C20H23N5O. The standard InChI is InChI=1S/C20H23N5O/c1-25(2)17-10-8-16(9-11-17)23-20-21-13-12-19(24-20)22-14-15-6-4-5-7-18(15)26-3/h4-13H,14H2,1-3H3,(H2,21,22,23,24). The topological polar surface area (TPSA) is 62.3 Å². The van der Waals surface area contributed by atoms with Gasteiger partial charge in [-0.25, -0.2) is 4.98 Å². The number of ether oxygens (including phenoxy) is 1. The maximum absolute atomic E-state index is 5.37. The van der Waals surface area contributed by atoms with Crippen LogP contribution in [0.5, 0.6) is 5.75 Å². The van der Waals surface area contributed by atoms with Crippen molar-refractivity contribution >= 4 is 23.1 Å². The molecule has 0 saturated carbocycles. The summed E-state index contributed by atoms with van der Waals surface area (Å²) in [6, 6.07) is 17.9. The molecule has 6 nitrogen and oxygen atoms in total. The normalized spacial score (nSPS) is 10.3. The summed E-state index contributed by atoms with van der Waals surface area (Å²) in [5.41, 5.74) is 3.16. The van der Waals surface area contributed by atoms with E-state index in [0.29, 0.717) is 12.5 Å². The van der Waals surface area contributed by atoms with Crippen LogP contribution >= 0.6 is 0 Å². The van der Waals surface area contributed by atoms with Gasteiger partial charge in [0.1, 0.15) is 11.6 Å². The molecule has 0 bridgehead atoms. The van der Waals surface area contributed by atoms with E-state index in [1.165, 1.54) is 0 Å². The molecule has 0 aliphatic rings. The van der Waals surface area contributed by atoms with Gasteiger partial charge in [-0.15, -0.1) is 0 Å². The minimum absolute atomic E-state index is 0.549. The van der Waals surface area contributed by atoms with Crippen LogP contribution in [0.15, 0.2) is 60.8 Å². The third-order valence-corrected chi connectivity index (χ3v) is 3.95. The van der Waals surface area contributed by atoms with Crippen LogP contribution in [0, 0.1) is 0 Å². The van der Waals surface area contributed by atoms with Crippen LogP contribution in [-0.4, -0.2) is 31.2 Å². The lowest BCUT2D eigenvalue weighted by molar-refractivity contribution is 0.410. The van der Waals surface area contributed by atoms with E-state index in [1.54, 1.807) is 13.3 Å². The first kappa shape index (κ1) is 17.5. The molecular weight excluding hydrogens is 326 g/mol. The zero-order chi connectivity index (χ0) is 18.4. The van der Waals surface area contributed by atoms with Gasteiger partial charge >= 0.3 is 0 Å². The first-order chi connectivity index (χ1) is 12.7. The van der Waals surface area contributed by atoms with Gasteiger partial charge in [0.05, 0.1) is 7.11 Å². The summed E-state index contributed by atoms with van der Waals surface area (Å²) in [6.07, 6.45) is 1.73. The highest BCUT2D eigenvalue weighted by atomic mass is 16.5. The van der Waals surface area contributed by atoms with Crippen molar-refractivity contribution in [2.75, 3.05) is 36.7 Å². The second-order valence-corrected chi connectivity index (χ2v) is 6.00. The fourth-order valence-electron chi connectivity index (χ4n) is 2.52. The Labute approximate surface area is 153 Å². The van der Waals surface area contributed by atoms with Gasteiger partial charge in [-0.2, -0.15) is 4.98 Å². The van der Waals surface area contributed by atoms with Gasteiger partial charge < -0.3 is 20.3 Å². The molecule has 0 radical (unpaired) electrons. The molecule has 0 aliphatic carbocycles. The first-order valence-corrected chi connectivity index (χ1v) is 8.39. The average Bonchev–Trinajstić information content (AvgIpc) is 2.67. The van der Waals surface area contributed by atoms with Crippen molar-refractivity contribution in [3.63, 3.8) is 0 Å². The van der Waals surface area contributed by atoms with Crippen molar-refractivity contribution < 1.29 is 4.74 Å². The van der Waals surface area contributed by atoms with Crippen molar-refractivity contribution in [1.29, 1.82) is 0 Å². The summed E-state index contributed by atoms with van der Waals surface area (Å²) in [6.45, 7) is 0.623. The van der Waals surface area contributed by atoms with Gasteiger partial charge in [-0.05, 0) is 36.4 Å². The Hall–Kier alpha value is -3.28. The van der Waals surface area contributed by atoms with E-state index < -0.39 is 0 Å². The molecule has 0 saturated heterocycles. The summed E-state index contributed by atoms with van der Waals surface area (Å²) in [5.74, 6) is 2.15. The van der Waals surface area contributed by atoms with Crippen molar-refractivity contribution in [2.45, 2.75) is 6.54 Å². The number of benzene rings is 2. The second-order valence-electron chi connectivity index (χ2n) is 6.00. The monoisotopic (exact) mass is 349 g/mol. The van der Waals surface area contributed by atoms with E-state index >= 15 is 0 Å². The quantitative estimate of drug-likeness (QED) is 0.674. The zero-order valence-corrected chi connectivity index (χ0v) is 15.2. The van der Waals surface area contributed by atoms with Crippen LogP contribution in [0.4, 0.5) is 23.1 Å². The molecule has 6 heteroatoms. The largest absolute Gasteiger partial charge is 0.496 e. The number of aromatic nitrogens is 2. The van der Waals surface area contributed by atoms with Gasteiger partial charge in [0.2, 0.25) is 5.95 Å². The summed E-state index contributed by atoms with van der Waals surface area (Å²) < 4.78 is 5.37. The zero-order valence-electron chi connectivity index (χ0n) is 15.2. The SMILES string of the molecule is COc1ccccc1CNc1ccnc(Nc2ccc(N(C)C)cc2)n1. The molecule has 3 rings (SSSR count). The molecule has 0 fully saturated rings.